The van der Waals surface area contributed by atoms with E-state index in [9.17, 15) is 14.9 Å². The SMILES string of the molecule is O=C(Nc1c2c(nn1-c1ccc(Oc3ccccc3)cc1)CSC2)c1ccccc1[N+](=O)[O-]. The van der Waals surface area contributed by atoms with Gasteiger partial charge < -0.3 is 10.1 Å². The lowest BCUT2D eigenvalue weighted by Crippen LogP contribution is -2.17. The van der Waals surface area contributed by atoms with Crippen LogP contribution in [0.25, 0.3) is 5.69 Å². The van der Waals surface area contributed by atoms with Crippen molar-refractivity contribution in [1.29, 1.82) is 0 Å². The van der Waals surface area contributed by atoms with Crippen molar-refractivity contribution in [3.63, 3.8) is 0 Å². The number of benzene rings is 3. The maximum atomic E-state index is 13.0. The van der Waals surface area contributed by atoms with Gasteiger partial charge in [-0.3, -0.25) is 14.9 Å². The average Bonchev–Trinajstić information content (AvgIpc) is 3.43. The van der Waals surface area contributed by atoms with Gasteiger partial charge in [-0.1, -0.05) is 30.3 Å². The number of aromatic nitrogens is 2. The highest BCUT2D eigenvalue weighted by atomic mass is 32.2. The molecular weight excluding hydrogens is 440 g/mol. The zero-order valence-electron chi connectivity index (χ0n) is 17.3. The largest absolute Gasteiger partial charge is 0.457 e. The van der Waals surface area contributed by atoms with Crippen LogP contribution in [0.1, 0.15) is 21.6 Å². The molecular formula is C24H18N4O4S. The van der Waals surface area contributed by atoms with E-state index in [-0.39, 0.29) is 11.3 Å². The summed E-state index contributed by atoms with van der Waals surface area (Å²) in [7, 11) is 0. The number of carbonyl (C=O) groups is 1. The summed E-state index contributed by atoms with van der Waals surface area (Å²) < 4.78 is 7.52. The highest BCUT2D eigenvalue weighted by Crippen LogP contribution is 2.37. The van der Waals surface area contributed by atoms with E-state index in [1.54, 1.807) is 22.5 Å². The Bertz CT molecular complexity index is 1340. The number of rotatable bonds is 6. The average molecular weight is 458 g/mol. The summed E-state index contributed by atoms with van der Waals surface area (Å²) in [5.41, 5.74) is 2.32. The van der Waals surface area contributed by atoms with Gasteiger partial charge in [-0.05, 0) is 42.5 Å². The number of amides is 1. The molecule has 0 bridgehead atoms. The molecule has 1 aromatic heterocycles. The molecule has 0 atom stereocenters. The summed E-state index contributed by atoms with van der Waals surface area (Å²) in [6, 6.07) is 22.7. The van der Waals surface area contributed by atoms with Crippen molar-refractivity contribution < 1.29 is 14.5 Å². The number of ether oxygens (including phenoxy) is 1. The number of hydrogen-bond donors (Lipinski definition) is 1. The first-order valence-electron chi connectivity index (χ1n) is 10.2. The van der Waals surface area contributed by atoms with Crippen LogP contribution in [-0.4, -0.2) is 20.6 Å². The highest BCUT2D eigenvalue weighted by molar-refractivity contribution is 7.98. The van der Waals surface area contributed by atoms with Crippen LogP contribution >= 0.6 is 11.8 Å². The van der Waals surface area contributed by atoms with Gasteiger partial charge in [0.05, 0.1) is 16.3 Å². The molecule has 0 radical (unpaired) electrons. The molecule has 0 saturated carbocycles. The van der Waals surface area contributed by atoms with E-state index >= 15 is 0 Å². The van der Waals surface area contributed by atoms with Gasteiger partial charge >= 0.3 is 0 Å². The highest BCUT2D eigenvalue weighted by Gasteiger charge is 2.27. The van der Waals surface area contributed by atoms with Crippen LogP contribution in [0.15, 0.2) is 78.9 Å². The Hall–Kier alpha value is -4.11. The molecule has 0 unspecified atom stereocenters. The zero-order valence-corrected chi connectivity index (χ0v) is 18.1. The molecule has 0 spiro atoms. The first-order valence-corrected chi connectivity index (χ1v) is 11.3. The van der Waals surface area contributed by atoms with Gasteiger partial charge in [0.15, 0.2) is 0 Å². The Balaban J connectivity index is 1.45. The number of para-hydroxylation sites is 2. The minimum absolute atomic E-state index is 0.00117. The molecule has 0 aliphatic carbocycles. The van der Waals surface area contributed by atoms with E-state index in [4.69, 9.17) is 4.74 Å². The number of nitrogens with one attached hydrogen (secondary N) is 1. The first kappa shape index (κ1) is 20.8. The molecule has 3 aromatic carbocycles. The van der Waals surface area contributed by atoms with E-state index in [0.29, 0.717) is 17.3 Å². The third-order valence-corrected chi connectivity index (χ3v) is 6.16. The fourth-order valence-electron chi connectivity index (χ4n) is 3.61. The second kappa shape index (κ2) is 8.79. The van der Waals surface area contributed by atoms with Crippen molar-refractivity contribution in [3.8, 4) is 17.2 Å². The molecule has 9 heteroatoms. The number of nitrogens with zero attached hydrogens (tertiary/aromatic N) is 3. The van der Waals surface area contributed by atoms with Crippen molar-refractivity contribution in [2.24, 2.45) is 0 Å². The molecule has 1 aliphatic rings. The number of hydrogen-bond acceptors (Lipinski definition) is 6. The van der Waals surface area contributed by atoms with Crippen LogP contribution in [0, 0.1) is 10.1 Å². The number of carbonyl (C=O) groups excluding carboxylic acids is 1. The Kier molecular flexibility index (Phi) is 5.54. The molecule has 5 rings (SSSR count). The summed E-state index contributed by atoms with van der Waals surface area (Å²) in [5, 5.41) is 18.9. The predicted molar refractivity (Wildman–Crippen MR) is 126 cm³/mol. The molecule has 8 nitrogen and oxygen atoms in total. The standard InChI is InChI=1S/C24H18N4O4S/c29-24(19-8-4-5-9-22(19)28(30)31)25-23-20-14-33-15-21(20)26-27(23)16-10-12-18(13-11-16)32-17-6-2-1-3-7-17/h1-13H,14-15H2,(H,25,29). The summed E-state index contributed by atoms with van der Waals surface area (Å²) in [4.78, 5) is 23.8. The lowest BCUT2D eigenvalue weighted by molar-refractivity contribution is -0.385. The lowest BCUT2D eigenvalue weighted by atomic mass is 10.1. The van der Waals surface area contributed by atoms with Crippen LogP contribution in [-0.2, 0) is 11.5 Å². The molecule has 0 fully saturated rings. The number of thioether (sulfide) groups is 1. The van der Waals surface area contributed by atoms with Crippen LogP contribution in [0.4, 0.5) is 11.5 Å². The van der Waals surface area contributed by atoms with E-state index < -0.39 is 10.8 Å². The second-order valence-corrected chi connectivity index (χ2v) is 8.30. The normalized spacial score (nSPS) is 12.2. The smallest absolute Gasteiger partial charge is 0.282 e. The Morgan fingerprint density at radius 3 is 2.42 bits per heavy atom. The van der Waals surface area contributed by atoms with Crippen LogP contribution in [0.5, 0.6) is 11.5 Å². The Morgan fingerprint density at radius 1 is 0.970 bits per heavy atom. The molecule has 1 amide bonds. The maximum absolute atomic E-state index is 13.0. The van der Waals surface area contributed by atoms with Gasteiger partial charge in [0.1, 0.15) is 22.9 Å². The quantitative estimate of drug-likeness (QED) is 0.299. The lowest BCUT2D eigenvalue weighted by Gasteiger charge is -2.12. The van der Waals surface area contributed by atoms with Crippen molar-refractivity contribution in [2.45, 2.75) is 11.5 Å². The van der Waals surface area contributed by atoms with Crippen LogP contribution < -0.4 is 10.1 Å². The van der Waals surface area contributed by atoms with Crippen molar-refractivity contribution in [3.05, 3.63) is 106 Å². The van der Waals surface area contributed by atoms with Crippen molar-refractivity contribution in [2.75, 3.05) is 5.32 Å². The third kappa shape index (κ3) is 4.18. The molecule has 2 heterocycles. The van der Waals surface area contributed by atoms with Gasteiger partial charge in [-0.15, -0.1) is 0 Å². The second-order valence-electron chi connectivity index (χ2n) is 7.32. The summed E-state index contributed by atoms with van der Waals surface area (Å²) in [6.07, 6.45) is 0. The number of fused-ring (bicyclic) bond motifs is 1. The topological polar surface area (TPSA) is 99.3 Å². The minimum Gasteiger partial charge on any atom is -0.457 e. The van der Waals surface area contributed by atoms with E-state index in [1.165, 1.54) is 18.2 Å². The molecule has 1 aliphatic heterocycles. The monoisotopic (exact) mass is 458 g/mol. The first-order chi connectivity index (χ1) is 16.1. The van der Waals surface area contributed by atoms with Crippen molar-refractivity contribution >= 4 is 29.2 Å². The number of nitro groups is 1. The van der Waals surface area contributed by atoms with Gasteiger partial charge in [-0.2, -0.15) is 16.9 Å². The van der Waals surface area contributed by atoms with Gasteiger partial charge in [0.2, 0.25) is 0 Å². The van der Waals surface area contributed by atoms with Crippen LogP contribution in [0.3, 0.4) is 0 Å². The summed E-state index contributed by atoms with van der Waals surface area (Å²) >= 11 is 1.71. The number of anilines is 1. The Morgan fingerprint density at radius 2 is 1.67 bits per heavy atom. The van der Waals surface area contributed by atoms with Gasteiger partial charge in [0, 0.05) is 23.1 Å². The van der Waals surface area contributed by atoms with E-state index in [0.717, 1.165) is 28.4 Å². The molecule has 0 saturated heterocycles. The minimum atomic E-state index is -0.558. The van der Waals surface area contributed by atoms with Crippen molar-refractivity contribution in [1.82, 2.24) is 9.78 Å². The van der Waals surface area contributed by atoms with Gasteiger partial charge in [0.25, 0.3) is 11.6 Å². The fraction of sp³-hybridized carbons (Fsp3) is 0.0833. The maximum Gasteiger partial charge on any atom is 0.282 e. The fourth-order valence-corrected chi connectivity index (χ4v) is 4.64. The molecule has 1 N–H and O–H groups in total. The molecule has 33 heavy (non-hydrogen) atoms. The Labute approximate surface area is 193 Å². The van der Waals surface area contributed by atoms with Gasteiger partial charge in [-0.25, -0.2) is 4.68 Å². The zero-order chi connectivity index (χ0) is 22.8. The third-order valence-electron chi connectivity index (χ3n) is 5.19. The summed E-state index contributed by atoms with van der Waals surface area (Å²) in [6.45, 7) is 0. The molecule has 164 valence electrons. The predicted octanol–water partition coefficient (Wildman–Crippen LogP) is 5.57. The molecule has 4 aromatic rings. The number of nitro benzene ring substituents is 1. The van der Waals surface area contributed by atoms with Crippen LogP contribution in [0.2, 0.25) is 0 Å². The van der Waals surface area contributed by atoms with E-state index in [1.807, 2.05) is 54.6 Å². The summed E-state index contributed by atoms with van der Waals surface area (Å²) in [5.74, 6) is 2.83. The van der Waals surface area contributed by atoms with E-state index in [2.05, 4.69) is 10.4 Å².